The van der Waals surface area contributed by atoms with E-state index in [9.17, 15) is 14.7 Å². The van der Waals surface area contributed by atoms with Crippen molar-refractivity contribution in [2.45, 2.75) is 36.3 Å². The molecule has 0 radical (unpaired) electrons. The van der Waals surface area contributed by atoms with Crippen LogP contribution < -0.4 is 9.47 Å². The molecular weight excluding hydrogens is 490 g/mol. The van der Waals surface area contributed by atoms with Crippen LogP contribution in [0, 0.1) is 0 Å². The Bertz CT molecular complexity index is 1660. The highest BCUT2D eigenvalue weighted by Gasteiger charge is 2.69. The van der Waals surface area contributed by atoms with Crippen LogP contribution in [0.1, 0.15) is 51.1 Å². The van der Waals surface area contributed by atoms with E-state index in [-0.39, 0.29) is 29.1 Å². The lowest BCUT2D eigenvalue weighted by Gasteiger charge is -2.34. The SMILES string of the molecule is COc1ccc(C2(C(=O)c3ccc(O)c(OC)c3)CC3(C(=O)c4cccc5cccc3c45)N3CCCC32)cc1. The number of aromatic hydroxyl groups is 1. The molecule has 3 atom stereocenters. The van der Waals surface area contributed by atoms with Gasteiger partial charge in [-0.2, -0.15) is 0 Å². The third kappa shape index (κ3) is 3.01. The molecule has 2 fully saturated rings. The first kappa shape index (κ1) is 23.9. The summed E-state index contributed by atoms with van der Waals surface area (Å²) < 4.78 is 10.8. The molecule has 196 valence electrons. The number of rotatable bonds is 5. The summed E-state index contributed by atoms with van der Waals surface area (Å²) in [7, 11) is 3.10. The number of Topliss-reactive ketones (excluding diaryl/α,β-unsaturated/α-hetero) is 2. The number of phenols is 1. The van der Waals surface area contributed by atoms with Crippen LogP contribution in [0.2, 0.25) is 0 Å². The van der Waals surface area contributed by atoms with Gasteiger partial charge in [0.1, 0.15) is 11.3 Å². The molecule has 0 bridgehead atoms. The Labute approximate surface area is 226 Å². The summed E-state index contributed by atoms with van der Waals surface area (Å²) in [6.45, 7) is 0.741. The maximum atomic E-state index is 14.9. The predicted octanol–water partition coefficient (Wildman–Crippen LogP) is 5.64. The van der Waals surface area contributed by atoms with Crippen LogP contribution in [0.5, 0.6) is 17.2 Å². The van der Waals surface area contributed by atoms with Gasteiger partial charge in [-0.25, -0.2) is 0 Å². The fourth-order valence-corrected chi connectivity index (χ4v) is 7.66. The van der Waals surface area contributed by atoms with Gasteiger partial charge in [-0.1, -0.05) is 48.5 Å². The molecule has 7 rings (SSSR count). The minimum atomic E-state index is -0.995. The van der Waals surface area contributed by atoms with E-state index in [1.807, 2.05) is 42.5 Å². The maximum absolute atomic E-state index is 14.9. The van der Waals surface area contributed by atoms with Gasteiger partial charge in [0, 0.05) is 17.2 Å². The molecule has 0 aromatic heterocycles. The molecule has 6 nitrogen and oxygen atoms in total. The summed E-state index contributed by atoms with van der Waals surface area (Å²) in [5.41, 5.74) is 1.12. The lowest BCUT2D eigenvalue weighted by atomic mass is 9.65. The molecule has 1 aliphatic carbocycles. The smallest absolute Gasteiger partial charge is 0.188 e. The van der Waals surface area contributed by atoms with Crippen LogP contribution in [0.25, 0.3) is 10.8 Å². The average molecular weight is 520 g/mol. The Hall–Kier alpha value is -4.16. The van der Waals surface area contributed by atoms with Gasteiger partial charge in [-0.15, -0.1) is 0 Å². The molecule has 1 N–H and O–H groups in total. The first-order chi connectivity index (χ1) is 19.0. The van der Waals surface area contributed by atoms with Crippen LogP contribution in [-0.2, 0) is 11.0 Å². The summed E-state index contributed by atoms with van der Waals surface area (Å²) >= 11 is 0. The lowest BCUT2D eigenvalue weighted by Crippen LogP contribution is -2.47. The fourth-order valence-electron chi connectivity index (χ4n) is 7.66. The summed E-state index contributed by atoms with van der Waals surface area (Å²) in [5, 5.41) is 12.3. The van der Waals surface area contributed by atoms with E-state index in [1.165, 1.54) is 13.2 Å². The van der Waals surface area contributed by atoms with Gasteiger partial charge >= 0.3 is 0 Å². The van der Waals surface area contributed by atoms with Gasteiger partial charge in [0.05, 0.1) is 19.6 Å². The van der Waals surface area contributed by atoms with Crippen molar-refractivity contribution in [1.29, 1.82) is 0 Å². The fraction of sp³-hybridized carbons (Fsp3) is 0.273. The standard InChI is InChI=1S/C33H29NO5/c1-38-23-14-12-22(13-15-23)32(30(36)21-11-16-26(35)27(18-21)39-2)19-33(34-17-5-10-28(32)34)25-9-4-7-20-6-3-8-24(29(20)25)31(33)37/h3-4,6-9,11-16,18,28,35H,5,10,17,19H2,1-2H3. The third-order valence-electron chi connectivity index (χ3n) is 9.27. The van der Waals surface area contributed by atoms with Crippen molar-refractivity contribution in [2.24, 2.45) is 0 Å². The molecular formula is C33H29NO5. The first-order valence-electron chi connectivity index (χ1n) is 13.4. The third-order valence-corrected chi connectivity index (χ3v) is 9.27. The number of ether oxygens (including phenoxy) is 2. The van der Waals surface area contributed by atoms with Crippen molar-refractivity contribution in [1.82, 2.24) is 4.90 Å². The second kappa shape index (κ2) is 8.42. The minimum absolute atomic E-state index is 0.0222. The number of phenolic OH excluding ortho intramolecular Hbond substituents is 1. The van der Waals surface area contributed by atoms with Gasteiger partial charge in [-0.3, -0.25) is 14.5 Å². The second-order valence-electron chi connectivity index (χ2n) is 10.8. The Kier molecular flexibility index (Phi) is 5.16. The molecule has 3 unspecified atom stereocenters. The molecule has 3 aliphatic rings. The molecule has 1 spiro atoms. The van der Waals surface area contributed by atoms with Crippen LogP contribution >= 0.6 is 0 Å². The van der Waals surface area contributed by atoms with Gasteiger partial charge in [0.25, 0.3) is 0 Å². The lowest BCUT2D eigenvalue weighted by molar-refractivity contribution is 0.0668. The average Bonchev–Trinajstić information content (AvgIpc) is 3.64. The van der Waals surface area contributed by atoms with E-state index in [0.717, 1.165) is 46.8 Å². The molecule has 6 heteroatoms. The van der Waals surface area contributed by atoms with E-state index in [2.05, 4.69) is 23.1 Å². The topological polar surface area (TPSA) is 76.1 Å². The molecule has 0 saturated carbocycles. The van der Waals surface area contributed by atoms with Gasteiger partial charge in [-0.05, 0) is 78.0 Å². The number of hydrogen-bond acceptors (Lipinski definition) is 6. The van der Waals surface area contributed by atoms with Crippen LogP contribution in [-0.4, -0.2) is 48.4 Å². The summed E-state index contributed by atoms with van der Waals surface area (Å²) in [4.78, 5) is 31.8. The highest BCUT2D eigenvalue weighted by Crippen LogP contribution is 2.62. The quantitative estimate of drug-likeness (QED) is 0.344. The Balaban J connectivity index is 1.49. The Morgan fingerprint density at radius 3 is 2.49 bits per heavy atom. The maximum Gasteiger partial charge on any atom is 0.188 e. The Morgan fingerprint density at radius 2 is 1.74 bits per heavy atom. The minimum Gasteiger partial charge on any atom is -0.504 e. The van der Waals surface area contributed by atoms with Crippen molar-refractivity contribution in [3.8, 4) is 17.2 Å². The molecule has 4 aromatic rings. The van der Waals surface area contributed by atoms with Crippen LogP contribution in [0.15, 0.2) is 78.9 Å². The number of carbonyl (C=O) groups excluding carboxylic acids is 2. The number of benzene rings is 4. The van der Waals surface area contributed by atoms with E-state index >= 15 is 0 Å². The second-order valence-corrected chi connectivity index (χ2v) is 10.8. The number of fused-ring (bicyclic) bond motifs is 3. The number of ketones is 2. The predicted molar refractivity (Wildman–Crippen MR) is 148 cm³/mol. The summed E-state index contributed by atoms with van der Waals surface area (Å²) in [6.07, 6.45) is 2.04. The van der Waals surface area contributed by atoms with Crippen LogP contribution in [0.4, 0.5) is 0 Å². The van der Waals surface area contributed by atoms with Gasteiger partial charge in [0.2, 0.25) is 0 Å². The summed E-state index contributed by atoms with van der Waals surface area (Å²) in [5.74, 6) is 0.933. The van der Waals surface area contributed by atoms with E-state index < -0.39 is 11.0 Å². The number of carbonyl (C=O) groups is 2. The van der Waals surface area contributed by atoms with E-state index in [4.69, 9.17) is 9.47 Å². The largest absolute Gasteiger partial charge is 0.504 e. The number of hydrogen-bond donors (Lipinski definition) is 1. The highest BCUT2D eigenvalue weighted by molar-refractivity contribution is 6.21. The monoisotopic (exact) mass is 519 g/mol. The number of nitrogens with zero attached hydrogens (tertiary/aromatic N) is 1. The highest BCUT2D eigenvalue weighted by atomic mass is 16.5. The summed E-state index contributed by atoms with van der Waals surface area (Å²) in [6, 6.07) is 24.4. The number of methoxy groups -OCH3 is 2. The molecule has 0 amide bonds. The van der Waals surface area contributed by atoms with Crippen molar-refractivity contribution < 1.29 is 24.2 Å². The molecule has 4 aromatic carbocycles. The molecule has 2 heterocycles. The van der Waals surface area contributed by atoms with Gasteiger partial charge in [0.15, 0.2) is 23.1 Å². The van der Waals surface area contributed by atoms with Crippen molar-refractivity contribution in [2.75, 3.05) is 20.8 Å². The van der Waals surface area contributed by atoms with Crippen molar-refractivity contribution in [3.63, 3.8) is 0 Å². The molecule has 39 heavy (non-hydrogen) atoms. The first-order valence-corrected chi connectivity index (χ1v) is 13.4. The Morgan fingerprint density at radius 1 is 0.974 bits per heavy atom. The van der Waals surface area contributed by atoms with E-state index in [1.54, 1.807) is 19.2 Å². The van der Waals surface area contributed by atoms with Crippen molar-refractivity contribution >= 4 is 22.3 Å². The zero-order chi connectivity index (χ0) is 26.9. The molecule has 2 aliphatic heterocycles. The van der Waals surface area contributed by atoms with Crippen molar-refractivity contribution in [3.05, 3.63) is 101 Å². The van der Waals surface area contributed by atoms with Gasteiger partial charge < -0.3 is 14.6 Å². The van der Waals surface area contributed by atoms with E-state index in [0.29, 0.717) is 17.7 Å². The molecule has 2 saturated heterocycles. The zero-order valence-electron chi connectivity index (χ0n) is 21.9. The van der Waals surface area contributed by atoms with Crippen LogP contribution in [0.3, 0.4) is 0 Å². The zero-order valence-corrected chi connectivity index (χ0v) is 21.9. The normalized spacial score (nSPS) is 25.4.